The molecule has 2 rings (SSSR count). The van der Waals surface area contributed by atoms with Crippen molar-refractivity contribution in [3.05, 3.63) is 12.7 Å². The van der Waals surface area contributed by atoms with E-state index in [1.807, 2.05) is 26.8 Å². The molecule has 2 aliphatic rings. The Bertz CT molecular complexity index is 676. The monoisotopic (exact) mass is 451 g/mol. The van der Waals surface area contributed by atoms with Gasteiger partial charge in [-0.05, 0) is 76.4 Å². The van der Waals surface area contributed by atoms with E-state index in [0.29, 0.717) is 31.1 Å². The zero-order chi connectivity index (χ0) is 23.7. The summed E-state index contributed by atoms with van der Waals surface area (Å²) in [5.41, 5.74) is -0.752. The van der Waals surface area contributed by atoms with Gasteiger partial charge in [-0.3, -0.25) is 4.79 Å². The Labute approximate surface area is 190 Å². The number of ketones is 1. The second-order valence-electron chi connectivity index (χ2n) is 12.3. The summed E-state index contributed by atoms with van der Waals surface area (Å²) in [6.45, 7) is 21.5. The van der Waals surface area contributed by atoms with Crippen molar-refractivity contribution in [2.24, 2.45) is 17.3 Å². The molecular weight excluding hydrogens is 406 g/mol. The molecule has 0 bridgehead atoms. The van der Waals surface area contributed by atoms with Crippen molar-refractivity contribution in [1.29, 1.82) is 0 Å². The van der Waals surface area contributed by atoms with E-state index >= 15 is 0 Å². The molecule has 0 saturated heterocycles. The van der Waals surface area contributed by atoms with Gasteiger partial charge in [-0.1, -0.05) is 26.8 Å². The molecule has 2 aliphatic carbocycles. The SMILES string of the molecule is C=CCC[C@@]12CC(=O)C[C@@H]1C[C@H](CO[Si](C)(C)C(C)(C)C)C[C@@H]2NC(=O)OC(C)(C)C. The fourth-order valence-electron chi connectivity index (χ4n) is 5.02. The first-order valence-corrected chi connectivity index (χ1v) is 14.8. The standard InChI is InChI=1S/C25H45NO4Si/c1-10-11-12-25-16-20(27)15-19(25)13-18(17-29-31(8,9)24(5,6)7)14-21(25)26-22(28)30-23(2,3)4/h10,18-19,21H,1,11-17H2,2-9H3,(H,26,28)/t18-,19-,21-,25+/m0/s1. The molecule has 0 aromatic rings. The summed E-state index contributed by atoms with van der Waals surface area (Å²) in [4.78, 5) is 25.3. The van der Waals surface area contributed by atoms with E-state index in [4.69, 9.17) is 9.16 Å². The minimum Gasteiger partial charge on any atom is -0.444 e. The van der Waals surface area contributed by atoms with Gasteiger partial charge in [0.25, 0.3) is 0 Å². The molecule has 31 heavy (non-hydrogen) atoms. The molecule has 2 fully saturated rings. The van der Waals surface area contributed by atoms with Gasteiger partial charge in [0.1, 0.15) is 11.4 Å². The lowest BCUT2D eigenvalue weighted by molar-refractivity contribution is -0.118. The van der Waals surface area contributed by atoms with E-state index in [9.17, 15) is 9.59 Å². The molecule has 178 valence electrons. The molecule has 0 radical (unpaired) electrons. The lowest BCUT2D eigenvalue weighted by Gasteiger charge is -2.49. The van der Waals surface area contributed by atoms with Crippen molar-refractivity contribution in [2.75, 3.05) is 6.61 Å². The van der Waals surface area contributed by atoms with Crippen LogP contribution in [-0.4, -0.2) is 38.4 Å². The molecule has 0 aromatic heterocycles. The van der Waals surface area contributed by atoms with Crippen LogP contribution in [0.4, 0.5) is 4.79 Å². The fourth-order valence-corrected chi connectivity index (χ4v) is 6.11. The highest BCUT2D eigenvalue weighted by Crippen LogP contribution is 2.55. The van der Waals surface area contributed by atoms with Crippen molar-refractivity contribution >= 4 is 20.2 Å². The third-order valence-electron chi connectivity index (χ3n) is 7.69. The number of allylic oxidation sites excluding steroid dienone is 1. The minimum atomic E-state index is -1.85. The number of carbonyl (C=O) groups excluding carboxylic acids is 2. The molecule has 5 nitrogen and oxygen atoms in total. The molecule has 4 atom stereocenters. The molecule has 2 saturated carbocycles. The number of Topliss-reactive ketones (excluding diaryl/α,β-unsaturated/α-hetero) is 1. The van der Waals surface area contributed by atoms with Crippen molar-refractivity contribution in [3.8, 4) is 0 Å². The number of rotatable bonds is 7. The molecule has 6 heteroatoms. The highest BCUT2D eigenvalue weighted by Gasteiger charge is 2.55. The van der Waals surface area contributed by atoms with E-state index in [1.54, 1.807) is 0 Å². The van der Waals surface area contributed by atoms with Crippen molar-refractivity contribution in [3.63, 3.8) is 0 Å². The molecular formula is C25H45NO4Si. The van der Waals surface area contributed by atoms with Gasteiger partial charge in [-0.15, -0.1) is 6.58 Å². The van der Waals surface area contributed by atoms with Gasteiger partial charge in [-0.2, -0.15) is 0 Å². The predicted octanol–water partition coefficient (Wildman–Crippen LogP) is 6.24. The van der Waals surface area contributed by atoms with Gasteiger partial charge in [0.2, 0.25) is 0 Å². The van der Waals surface area contributed by atoms with E-state index < -0.39 is 13.9 Å². The van der Waals surface area contributed by atoms with Crippen LogP contribution in [0.25, 0.3) is 0 Å². The number of ether oxygens (including phenoxy) is 1. The van der Waals surface area contributed by atoms with Gasteiger partial charge in [0.15, 0.2) is 8.32 Å². The van der Waals surface area contributed by atoms with Gasteiger partial charge in [0, 0.05) is 30.9 Å². The van der Waals surface area contributed by atoms with Crippen molar-refractivity contribution in [1.82, 2.24) is 5.32 Å². The zero-order valence-electron chi connectivity index (χ0n) is 21.1. The topological polar surface area (TPSA) is 64.6 Å². The predicted molar refractivity (Wildman–Crippen MR) is 129 cm³/mol. The van der Waals surface area contributed by atoms with E-state index in [-0.39, 0.29) is 28.5 Å². The first-order chi connectivity index (χ1) is 14.1. The van der Waals surface area contributed by atoms with Gasteiger partial charge >= 0.3 is 6.09 Å². The highest BCUT2D eigenvalue weighted by molar-refractivity contribution is 6.74. The van der Waals surface area contributed by atoms with Crippen LogP contribution in [0.1, 0.15) is 80.1 Å². The third-order valence-corrected chi connectivity index (χ3v) is 12.2. The lowest BCUT2D eigenvalue weighted by atomic mass is 9.60. The summed E-state index contributed by atoms with van der Waals surface area (Å²) < 4.78 is 12.1. The van der Waals surface area contributed by atoms with Gasteiger partial charge in [-0.25, -0.2) is 4.79 Å². The van der Waals surface area contributed by atoms with Crippen LogP contribution >= 0.6 is 0 Å². The summed E-state index contributed by atoms with van der Waals surface area (Å²) in [6.07, 6.45) is 6.23. The Kier molecular flexibility index (Phi) is 7.90. The molecule has 1 N–H and O–H groups in total. The minimum absolute atomic E-state index is 0.0829. The lowest BCUT2D eigenvalue weighted by Crippen LogP contribution is -2.55. The Morgan fingerprint density at radius 1 is 1.23 bits per heavy atom. The number of alkyl carbamates (subject to hydrolysis) is 1. The largest absolute Gasteiger partial charge is 0.444 e. The van der Waals surface area contributed by atoms with Crippen LogP contribution in [0.3, 0.4) is 0 Å². The third kappa shape index (κ3) is 6.44. The smallest absolute Gasteiger partial charge is 0.407 e. The van der Waals surface area contributed by atoms with E-state index in [2.05, 4.69) is 45.8 Å². The van der Waals surface area contributed by atoms with Crippen LogP contribution in [0, 0.1) is 17.3 Å². The summed E-state index contributed by atoms with van der Waals surface area (Å²) in [5.74, 6) is 0.930. The average Bonchev–Trinajstić information content (AvgIpc) is 2.92. The first-order valence-electron chi connectivity index (χ1n) is 11.9. The Hall–Kier alpha value is -1.14. The first kappa shape index (κ1) is 26.1. The van der Waals surface area contributed by atoms with E-state index in [0.717, 1.165) is 25.7 Å². The van der Waals surface area contributed by atoms with Gasteiger partial charge in [0.05, 0.1) is 0 Å². The normalized spacial score (nSPS) is 29.4. The molecule has 0 heterocycles. The number of fused-ring (bicyclic) bond motifs is 1. The number of amides is 1. The number of carbonyl (C=O) groups is 2. The summed E-state index contributed by atoms with van der Waals surface area (Å²) in [6, 6.07) is -0.0829. The maximum absolute atomic E-state index is 12.7. The number of hydrogen-bond acceptors (Lipinski definition) is 4. The molecule has 0 aromatic carbocycles. The summed E-state index contributed by atoms with van der Waals surface area (Å²) in [5, 5.41) is 3.34. The maximum Gasteiger partial charge on any atom is 0.407 e. The van der Waals surface area contributed by atoms with Crippen LogP contribution in [0.15, 0.2) is 12.7 Å². The molecule has 1 amide bonds. The molecule has 0 spiro atoms. The molecule has 0 unspecified atom stereocenters. The summed E-state index contributed by atoms with van der Waals surface area (Å²) in [7, 11) is -1.85. The van der Waals surface area contributed by atoms with Crippen molar-refractivity contribution in [2.45, 2.75) is 110 Å². The second-order valence-corrected chi connectivity index (χ2v) is 17.1. The van der Waals surface area contributed by atoms with Crippen LogP contribution in [0.5, 0.6) is 0 Å². The number of nitrogens with one attached hydrogen (secondary N) is 1. The highest BCUT2D eigenvalue weighted by atomic mass is 28.4. The Balaban J connectivity index is 2.23. The van der Waals surface area contributed by atoms with E-state index in [1.165, 1.54) is 0 Å². The van der Waals surface area contributed by atoms with Crippen LogP contribution in [-0.2, 0) is 14.0 Å². The maximum atomic E-state index is 12.7. The zero-order valence-corrected chi connectivity index (χ0v) is 22.1. The van der Waals surface area contributed by atoms with Crippen LogP contribution < -0.4 is 5.32 Å². The van der Waals surface area contributed by atoms with Crippen LogP contribution in [0.2, 0.25) is 18.1 Å². The quantitative estimate of drug-likeness (QED) is 0.367. The summed E-state index contributed by atoms with van der Waals surface area (Å²) >= 11 is 0. The Morgan fingerprint density at radius 3 is 2.42 bits per heavy atom. The second kappa shape index (κ2) is 9.38. The van der Waals surface area contributed by atoms with Crippen molar-refractivity contribution < 1.29 is 18.8 Å². The average molecular weight is 452 g/mol. The number of hydrogen-bond donors (Lipinski definition) is 1. The fraction of sp³-hybridized carbons (Fsp3) is 0.840. The molecule has 0 aliphatic heterocycles. The van der Waals surface area contributed by atoms with Gasteiger partial charge < -0.3 is 14.5 Å². The Morgan fingerprint density at radius 2 is 1.87 bits per heavy atom.